The molecule has 5 heteroatoms. The van der Waals surface area contributed by atoms with E-state index in [-0.39, 0.29) is 0 Å². The molecule has 0 amide bonds. The van der Waals surface area contributed by atoms with Crippen LogP contribution in [0.3, 0.4) is 0 Å². The van der Waals surface area contributed by atoms with Crippen LogP contribution >= 0.6 is 7.37 Å². The molecule has 0 radical (unpaired) electrons. The van der Waals surface area contributed by atoms with Gasteiger partial charge >= 0.3 is 5.97 Å². The Morgan fingerprint density at radius 2 is 1.94 bits per heavy atom. The summed E-state index contributed by atoms with van der Waals surface area (Å²) in [5.41, 5.74) is 0.303. The van der Waals surface area contributed by atoms with E-state index < -0.39 is 13.3 Å². The zero-order chi connectivity index (χ0) is 12.2. The molecule has 0 N–H and O–H groups in total. The highest BCUT2D eigenvalue weighted by Gasteiger charge is 2.27. The molecule has 1 rings (SSSR count). The fraction of sp³-hybridized carbons (Fsp3) is 0.364. The molecule has 0 aliphatic rings. The number of carbonyl (C=O) groups is 1. The lowest BCUT2D eigenvalue weighted by molar-refractivity contribution is 0.0602. The highest BCUT2D eigenvalue weighted by atomic mass is 31.2. The Morgan fingerprint density at radius 3 is 2.44 bits per heavy atom. The summed E-state index contributed by atoms with van der Waals surface area (Å²) in [6, 6.07) is 6.65. The van der Waals surface area contributed by atoms with Gasteiger partial charge in [-0.25, -0.2) is 4.79 Å². The highest BCUT2D eigenvalue weighted by Crippen LogP contribution is 2.45. The lowest BCUT2D eigenvalue weighted by Crippen LogP contribution is -2.18. The number of rotatable bonds is 4. The Morgan fingerprint density at radius 1 is 1.31 bits per heavy atom. The molecule has 1 aromatic rings. The molecule has 0 aliphatic heterocycles. The summed E-state index contributed by atoms with van der Waals surface area (Å²) in [4.78, 5) is 11.5. The molecular weight excluding hydrogens is 227 g/mol. The van der Waals surface area contributed by atoms with Crippen molar-refractivity contribution in [2.24, 2.45) is 0 Å². The van der Waals surface area contributed by atoms with Crippen LogP contribution < -0.4 is 5.30 Å². The van der Waals surface area contributed by atoms with Crippen molar-refractivity contribution in [3.63, 3.8) is 0 Å². The van der Waals surface area contributed by atoms with E-state index in [2.05, 4.69) is 4.74 Å². The number of ether oxygens (including phenoxy) is 1. The van der Waals surface area contributed by atoms with Crippen molar-refractivity contribution >= 4 is 18.6 Å². The molecule has 0 heterocycles. The third kappa shape index (κ3) is 2.34. The second-order valence-corrected chi connectivity index (χ2v) is 6.01. The van der Waals surface area contributed by atoms with E-state index in [1.807, 2.05) is 0 Å². The Kier molecular flexibility index (Phi) is 4.27. The maximum atomic E-state index is 12.4. The summed E-state index contributed by atoms with van der Waals surface area (Å²) in [6.07, 6.45) is 0.345. The van der Waals surface area contributed by atoms with E-state index in [1.54, 1.807) is 31.2 Å². The second kappa shape index (κ2) is 5.28. The lowest BCUT2D eigenvalue weighted by Gasteiger charge is -2.16. The van der Waals surface area contributed by atoms with Crippen LogP contribution in [-0.2, 0) is 13.8 Å². The van der Waals surface area contributed by atoms with Crippen LogP contribution in [0.1, 0.15) is 17.3 Å². The van der Waals surface area contributed by atoms with E-state index in [9.17, 15) is 9.36 Å². The van der Waals surface area contributed by atoms with Gasteiger partial charge < -0.3 is 9.26 Å². The largest absolute Gasteiger partial charge is 0.465 e. The van der Waals surface area contributed by atoms with Gasteiger partial charge in [-0.05, 0) is 12.1 Å². The molecule has 1 aromatic carbocycles. The third-order valence-corrected chi connectivity index (χ3v) is 4.93. The number of benzene rings is 1. The van der Waals surface area contributed by atoms with E-state index in [0.717, 1.165) is 0 Å². The third-order valence-electron chi connectivity index (χ3n) is 2.39. The van der Waals surface area contributed by atoms with Crippen LogP contribution in [0, 0.1) is 0 Å². The van der Waals surface area contributed by atoms with Gasteiger partial charge in [0.1, 0.15) is 0 Å². The zero-order valence-corrected chi connectivity index (χ0v) is 10.5. The van der Waals surface area contributed by atoms with Crippen LogP contribution in [0.2, 0.25) is 0 Å². The maximum absolute atomic E-state index is 12.4. The number of hydrogen-bond acceptors (Lipinski definition) is 4. The van der Waals surface area contributed by atoms with Gasteiger partial charge in [-0.2, -0.15) is 0 Å². The van der Waals surface area contributed by atoms with Crippen molar-refractivity contribution in [2.75, 3.05) is 20.4 Å². The van der Waals surface area contributed by atoms with Crippen molar-refractivity contribution in [3.05, 3.63) is 29.8 Å². The van der Waals surface area contributed by atoms with Crippen LogP contribution in [-0.4, -0.2) is 26.4 Å². The quantitative estimate of drug-likeness (QED) is 0.599. The van der Waals surface area contributed by atoms with E-state index >= 15 is 0 Å². The Bertz CT molecular complexity index is 420. The first kappa shape index (κ1) is 12.9. The van der Waals surface area contributed by atoms with E-state index in [1.165, 1.54) is 14.2 Å². The molecule has 0 saturated carbocycles. The first-order valence-corrected chi connectivity index (χ1v) is 6.72. The molecule has 0 fully saturated rings. The van der Waals surface area contributed by atoms with Crippen molar-refractivity contribution in [1.82, 2.24) is 0 Å². The van der Waals surface area contributed by atoms with Gasteiger partial charge in [0.25, 0.3) is 0 Å². The minimum absolute atomic E-state index is 0.303. The standard InChI is InChI=1S/C11H15O4P/c1-4-16(13,15-3)10-8-6-5-7-9(10)11(12)14-2/h5-8H,4H2,1-3H3. The number of hydrogen-bond donors (Lipinski definition) is 0. The van der Waals surface area contributed by atoms with Gasteiger partial charge in [0.2, 0.25) is 7.37 Å². The molecule has 16 heavy (non-hydrogen) atoms. The fourth-order valence-electron chi connectivity index (χ4n) is 1.45. The average Bonchev–Trinajstić information content (AvgIpc) is 2.37. The normalized spacial score (nSPS) is 14.2. The summed E-state index contributed by atoms with van der Waals surface area (Å²) >= 11 is 0. The highest BCUT2D eigenvalue weighted by molar-refractivity contribution is 7.67. The van der Waals surface area contributed by atoms with Gasteiger partial charge in [-0.3, -0.25) is 4.57 Å². The topological polar surface area (TPSA) is 52.6 Å². The zero-order valence-electron chi connectivity index (χ0n) is 9.60. The predicted molar refractivity (Wildman–Crippen MR) is 62.6 cm³/mol. The smallest absolute Gasteiger partial charge is 0.338 e. The minimum Gasteiger partial charge on any atom is -0.465 e. The monoisotopic (exact) mass is 242 g/mol. The predicted octanol–water partition coefficient (Wildman–Crippen LogP) is 2.04. The van der Waals surface area contributed by atoms with Gasteiger partial charge in [-0.1, -0.05) is 19.1 Å². The van der Waals surface area contributed by atoms with Crippen LogP contribution in [0.15, 0.2) is 24.3 Å². The molecule has 0 saturated heterocycles. The molecule has 88 valence electrons. The summed E-state index contributed by atoms with van der Waals surface area (Å²) in [5.74, 6) is -0.499. The molecule has 0 spiro atoms. The minimum atomic E-state index is -2.94. The van der Waals surface area contributed by atoms with Crippen LogP contribution in [0.5, 0.6) is 0 Å². The lowest BCUT2D eigenvalue weighted by atomic mass is 10.2. The Hall–Kier alpha value is -1.12. The van der Waals surface area contributed by atoms with Crippen molar-refractivity contribution in [2.45, 2.75) is 6.92 Å². The molecule has 1 atom stereocenters. The number of carbonyl (C=O) groups excluding carboxylic acids is 1. The Labute approximate surface area is 95.0 Å². The summed E-state index contributed by atoms with van der Waals surface area (Å²) in [5, 5.41) is 0.423. The molecular formula is C11H15O4P. The SMILES string of the molecule is CCP(=O)(OC)c1ccccc1C(=O)OC. The molecule has 0 aromatic heterocycles. The van der Waals surface area contributed by atoms with Crippen molar-refractivity contribution in [3.8, 4) is 0 Å². The summed E-state index contributed by atoms with van der Waals surface area (Å²) in [6.45, 7) is 1.76. The molecule has 4 nitrogen and oxygen atoms in total. The van der Waals surface area contributed by atoms with Gasteiger partial charge in [-0.15, -0.1) is 0 Å². The van der Waals surface area contributed by atoms with E-state index in [4.69, 9.17) is 4.52 Å². The summed E-state index contributed by atoms with van der Waals surface area (Å²) in [7, 11) is -0.257. The van der Waals surface area contributed by atoms with Gasteiger partial charge in [0.15, 0.2) is 0 Å². The second-order valence-electron chi connectivity index (χ2n) is 3.18. The van der Waals surface area contributed by atoms with E-state index in [0.29, 0.717) is 17.0 Å². The fourth-order valence-corrected chi connectivity index (χ4v) is 3.09. The van der Waals surface area contributed by atoms with Crippen LogP contribution in [0.4, 0.5) is 0 Å². The van der Waals surface area contributed by atoms with Gasteiger partial charge in [0.05, 0.1) is 18.0 Å². The van der Waals surface area contributed by atoms with Crippen molar-refractivity contribution < 1.29 is 18.6 Å². The van der Waals surface area contributed by atoms with Crippen molar-refractivity contribution in [1.29, 1.82) is 0 Å². The average molecular weight is 242 g/mol. The summed E-state index contributed by atoms with van der Waals surface area (Å²) < 4.78 is 22.1. The first-order chi connectivity index (χ1) is 7.59. The Balaban J connectivity index is 3.33. The first-order valence-electron chi connectivity index (χ1n) is 4.91. The molecule has 1 unspecified atom stereocenters. The molecule has 0 aliphatic carbocycles. The maximum Gasteiger partial charge on any atom is 0.338 e. The number of methoxy groups -OCH3 is 1. The number of esters is 1. The molecule has 0 bridgehead atoms. The van der Waals surface area contributed by atoms with Gasteiger partial charge in [0, 0.05) is 13.3 Å². The van der Waals surface area contributed by atoms with Crippen LogP contribution in [0.25, 0.3) is 0 Å².